The Balaban J connectivity index is 2.49. The summed E-state index contributed by atoms with van der Waals surface area (Å²) < 4.78 is 13.6. The fourth-order valence-corrected chi connectivity index (χ4v) is 2.01. The maximum atomic E-state index is 13.2. The van der Waals surface area contributed by atoms with Crippen LogP contribution in [0.3, 0.4) is 0 Å². The van der Waals surface area contributed by atoms with Gasteiger partial charge in [-0.3, -0.25) is 4.79 Å². The third kappa shape index (κ3) is 1.34. The summed E-state index contributed by atoms with van der Waals surface area (Å²) in [5.41, 5.74) is 1.39. The van der Waals surface area contributed by atoms with Crippen LogP contribution in [-0.4, -0.2) is 17.4 Å². The average Bonchev–Trinajstić information content (AvgIpc) is 2.45. The molecule has 0 radical (unpaired) electrons. The average molecular weight is 258 g/mol. The Bertz CT molecular complexity index is 405. The number of hydrogen-bond donors (Lipinski definition) is 0. The second-order valence-electron chi connectivity index (χ2n) is 3.24. The molecule has 1 aromatic carbocycles. The van der Waals surface area contributed by atoms with Gasteiger partial charge in [0.25, 0.3) is 5.91 Å². The van der Waals surface area contributed by atoms with Gasteiger partial charge in [-0.15, -0.1) is 0 Å². The molecule has 0 N–H and O–H groups in total. The van der Waals surface area contributed by atoms with Crippen molar-refractivity contribution in [3.63, 3.8) is 0 Å². The molecule has 1 aliphatic rings. The highest BCUT2D eigenvalue weighted by Crippen LogP contribution is 2.27. The molecule has 0 saturated heterocycles. The van der Waals surface area contributed by atoms with Crippen molar-refractivity contribution in [2.75, 3.05) is 6.54 Å². The molecular formula is C10H9BrFNO. The molecule has 0 unspecified atom stereocenters. The van der Waals surface area contributed by atoms with Gasteiger partial charge in [0.1, 0.15) is 5.82 Å². The van der Waals surface area contributed by atoms with E-state index in [0.717, 1.165) is 5.56 Å². The number of nitrogens with zero attached hydrogens (tertiary/aromatic N) is 1. The largest absolute Gasteiger partial charge is 0.335 e. The highest BCUT2D eigenvalue weighted by molar-refractivity contribution is 9.10. The summed E-state index contributed by atoms with van der Waals surface area (Å²) in [6, 6.07) is 2.98. The van der Waals surface area contributed by atoms with Crippen molar-refractivity contribution in [1.82, 2.24) is 4.90 Å². The summed E-state index contributed by atoms with van der Waals surface area (Å²) in [6.45, 7) is 3.16. The van der Waals surface area contributed by atoms with Gasteiger partial charge in [-0.25, -0.2) is 4.39 Å². The second kappa shape index (κ2) is 3.35. The summed E-state index contributed by atoms with van der Waals surface area (Å²) in [4.78, 5) is 13.3. The zero-order chi connectivity index (χ0) is 10.3. The van der Waals surface area contributed by atoms with Crippen LogP contribution in [0.25, 0.3) is 0 Å². The van der Waals surface area contributed by atoms with Crippen molar-refractivity contribution in [3.05, 3.63) is 33.5 Å². The van der Waals surface area contributed by atoms with Gasteiger partial charge in [0.15, 0.2) is 0 Å². The first-order valence-electron chi connectivity index (χ1n) is 4.40. The topological polar surface area (TPSA) is 20.3 Å². The first kappa shape index (κ1) is 9.65. The van der Waals surface area contributed by atoms with Crippen molar-refractivity contribution in [2.45, 2.75) is 13.5 Å². The van der Waals surface area contributed by atoms with Crippen molar-refractivity contribution >= 4 is 21.8 Å². The molecule has 1 aromatic rings. The van der Waals surface area contributed by atoms with Gasteiger partial charge < -0.3 is 4.90 Å². The van der Waals surface area contributed by atoms with Crippen molar-refractivity contribution < 1.29 is 9.18 Å². The molecule has 2 rings (SSSR count). The van der Waals surface area contributed by atoms with Crippen LogP contribution in [0.5, 0.6) is 0 Å². The Labute approximate surface area is 89.8 Å². The smallest absolute Gasteiger partial charge is 0.254 e. The number of benzene rings is 1. The van der Waals surface area contributed by atoms with E-state index in [2.05, 4.69) is 15.9 Å². The fraction of sp³-hybridized carbons (Fsp3) is 0.300. The first-order chi connectivity index (χ1) is 6.63. The van der Waals surface area contributed by atoms with Crippen molar-refractivity contribution in [2.24, 2.45) is 0 Å². The molecule has 0 spiro atoms. The Kier molecular flexibility index (Phi) is 2.31. The molecule has 2 nitrogen and oxygen atoms in total. The van der Waals surface area contributed by atoms with Crippen molar-refractivity contribution in [1.29, 1.82) is 0 Å². The van der Waals surface area contributed by atoms with E-state index in [1.54, 1.807) is 11.0 Å². The van der Waals surface area contributed by atoms with Gasteiger partial charge in [-0.2, -0.15) is 0 Å². The molecule has 1 amide bonds. The zero-order valence-corrected chi connectivity index (χ0v) is 9.27. The van der Waals surface area contributed by atoms with Crippen molar-refractivity contribution in [3.8, 4) is 0 Å². The minimum Gasteiger partial charge on any atom is -0.335 e. The molecule has 0 fully saturated rings. The molecule has 1 heterocycles. The summed E-state index contributed by atoms with van der Waals surface area (Å²) >= 11 is 3.11. The maximum Gasteiger partial charge on any atom is 0.254 e. The summed E-state index contributed by atoms with van der Waals surface area (Å²) in [7, 11) is 0. The van der Waals surface area contributed by atoms with E-state index < -0.39 is 0 Å². The van der Waals surface area contributed by atoms with Crippen LogP contribution in [-0.2, 0) is 6.54 Å². The Morgan fingerprint density at radius 3 is 2.93 bits per heavy atom. The fourth-order valence-electron chi connectivity index (χ4n) is 1.62. The monoisotopic (exact) mass is 257 g/mol. The van der Waals surface area contributed by atoms with Crippen LogP contribution < -0.4 is 0 Å². The maximum absolute atomic E-state index is 13.2. The third-order valence-corrected chi connectivity index (χ3v) is 3.01. The lowest BCUT2D eigenvalue weighted by Crippen LogP contribution is -2.22. The number of fused-ring (bicyclic) bond motifs is 1. The van der Waals surface area contributed by atoms with E-state index in [9.17, 15) is 9.18 Å². The highest BCUT2D eigenvalue weighted by Gasteiger charge is 2.27. The van der Waals surface area contributed by atoms with Crippen LogP contribution in [0.2, 0.25) is 0 Å². The summed E-state index contributed by atoms with van der Waals surface area (Å²) in [6.07, 6.45) is 0. The molecule has 14 heavy (non-hydrogen) atoms. The highest BCUT2D eigenvalue weighted by atomic mass is 79.9. The lowest BCUT2D eigenvalue weighted by molar-refractivity contribution is 0.0787. The third-order valence-electron chi connectivity index (χ3n) is 2.41. The van der Waals surface area contributed by atoms with Gasteiger partial charge in [0.05, 0.1) is 4.47 Å². The molecule has 0 aromatic heterocycles. The summed E-state index contributed by atoms with van der Waals surface area (Å²) in [5.74, 6) is -0.455. The van der Waals surface area contributed by atoms with Gasteiger partial charge in [-0.05, 0) is 40.5 Å². The van der Waals surface area contributed by atoms with E-state index in [1.807, 2.05) is 6.92 Å². The Morgan fingerprint density at radius 2 is 2.29 bits per heavy atom. The Hall–Kier alpha value is -0.900. The van der Waals surface area contributed by atoms with E-state index in [4.69, 9.17) is 0 Å². The molecule has 0 aliphatic carbocycles. The molecule has 1 aliphatic heterocycles. The lowest BCUT2D eigenvalue weighted by Gasteiger charge is -2.10. The van der Waals surface area contributed by atoms with Crippen LogP contribution in [0.1, 0.15) is 22.8 Å². The number of hydrogen-bond acceptors (Lipinski definition) is 1. The number of carbonyl (C=O) groups is 1. The number of amides is 1. The van der Waals surface area contributed by atoms with E-state index in [1.165, 1.54) is 6.07 Å². The number of halogens is 2. The standard InChI is InChI=1S/C10H9BrFNO/c1-2-13-5-6-3-8(11)9(12)4-7(6)10(13)14/h3-4H,2,5H2,1H3. The van der Waals surface area contributed by atoms with E-state index in [-0.39, 0.29) is 11.7 Å². The molecule has 0 atom stereocenters. The first-order valence-corrected chi connectivity index (χ1v) is 5.20. The minimum absolute atomic E-state index is 0.0751. The van der Waals surface area contributed by atoms with E-state index >= 15 is 0 Å². The molecule has 0 saturated carbocycles. The SMILES string of the molecule is CCN1Cc2cc(Br)c(F)cc2C1=O. The van der Waals surface area contributed by atoms with Gasteiger partial charge in [0.2, 0.25) is 0 Å². The predicted octanol–water partition coefficient (Wildman–Crippen LogP) is 2.56. The second-order valence-corrected chi connectivity index (χ2v) is 4.10. The number of rotatable bonds is 1. The summed E-state index contributed by atoms with van der Waals surface area (Å²) in [5, 5.41) is 0. The quantitative estimate of drug-likeness (QED) is 0.758. The molecular weight excluding hydrogens is 249 g/mol. The van der Waals surface area contributed by atoms with E-state index in [0.29, 0.717) is 23.1 Å². The van der Waals surface area contributed by atoms with Gasteiger partial charge in [0, 0.05) is 18.7 Å². The van der Waals surface area contributed by atoms with Gasteiger partial charge in [-0.1, -0.05) is 0 Å². The van der Waals surface area contributed by atoms with Crippen LogP contribution >= 0.6 is 15.9 Å². The zero-order valence-electron chi connectivity index (χ0n) is 7.68. The lowest BCUT2D eigenvalue weighted by atomic mass is 10.1. The van der Waals surface area contributed by atoms with Gasteiger partial charge >= 0.3 is 0 Å². The predicted molar refractivity (Wildman–Crippen MR) is 54.5 cm³/mol. The van der Waals surface area contributed by atoms with Crippen LogP contribution in [0.15, 0.2) is 16.6 Å². The molecule has 74 valence electrons. The molecule has 4 heteroatoms. The Morgan fingerprint density at radius 1 is 1.57 bits per heavy atom. The van der Waals surface area contributed by atoms with Crippen LogP contribution in [0, 0.1) is 5.82 Å². The number of carbonyl (C=O) groups excluding carboxylic acids is 1. The van der Waals surface area contributed by atoms with Crippen LogP contribution in [0.4, 0.5) is 4.39 Å². The minimum atomic E-state index is -0.380. The normalized spacial score (nSPS) is 14.8. The molecule has 0 bridgehead atoms.